The van der Waals surface area contributed by atoms with Crippen LogP contribution in [0.15, 0.2) is 12.3 Å². The van der Waals surface area contributed by atoms with Crippen molar-refractivity contribution in [3.05, 3.63) is 27.9 Å². The Bertz CT molecular complexity index is 571. The molecule has 0 aliphatic heterocycles. The van der Waals surface area contributed by atoms with Crippen LogP contribution in [0.2, 0.25) is 0 Å². The van der Waals surface area contributed by atoms with Gasteiger partial charge in [0.25, 0.3) is 5.69 Å². The topological polar surface area (TPSA) is 105 Å². The van der Waals surface area contributed by atoms with Crippen molar-refractivity contribution in [3.8, 4) is 0 Å². The summed E-state index contributed by atoms with van der Waals surface area (Å²) in [5, 5.41) is 13.4. The van der Waals surface area contributed by atoms with E-state index in [1.54, 1.807) is 6.92 Å². The van der Waals surface area contributed by atoms with Gasteiger partial charge in [-0.25, -0.2) is 17.7 Å². The molecule has 9 heteroatoms. The Hall–Kier alpha value is -1.74. The van der Waals surface area contributed by atoms with E-state index in [9.17, 15) is 18.5 Å². The van der Waals surface area contributed by atoms with Crippen LogP contribution in [-0.4, -0.2) is 49.0 Å². The van der Waals surface area contributed by atoms with Gasteiger partial charge in [0.05, 0.1) is 10.7 Å². The lowest BCUT2D eigenvalue weighted by molar-refractivity contribution is -0.385. The van der Waals surface area contributed by atoms with Gasteiger partial charge in [-0.3, -0.25) is 10.1 Å². The van der Waals surface area contributed by atoms with E-state index in [1.165, 1.54) is 20.2 Å². The summed E-state index contributed by atoms with van der Waals surface area (Å²) in [6, 6.07) is 1.51. The highest BCUT2D eigenvalue weighted by Gasteiger charge is 2.14. The van der Waals surface area contributed by atoms with E-state index in [0.717, 1.165) is 10.5 Å². The number of hydrogen-bond donors (Lipinski definition) is 1. The second-order valence-electron chi connectivity index (χ2n) is 4.14. The second kappa shape index (κ2) is 5.93. The van der Waals surface area contributed by atoms with Crippen molar-refractivity contribution in [1.29, 1.82) is 0 Å². The summed E-state index contributed by atoms with van der Waals surface area (Å²) in [4.78, 5) is 14.0. The van der Waals surface area contributed by atoms with Crippen LogP contribution in [0, 0.1) is 17.0 Å². The normalized spacial score (nSPS) is 11.6. The summed E-state index contributed by atoms with van der Waals surface area (Å²) in [7, 11) is -0.341. The van der Waals surface area contributed by atoms with E-state index in [2.05, 4.69) is 10.3 Å². The first-order valence-corrected chi connectivity index (χ1v) is 7.10. The smallest absolute Gasteiger partial charge is 0.290 e. The van der Waals surface area contributed by atoms with Crippen LogP contribution in [-0.2, 0) is 10.0 Å². The van der Waals surface area contributed by atoms with Crippen LogP contribution >= 0.6 is 0 Å². The van der Waals surface area contributed by atoms with Crippen molar-refractivity contribution >= 4 is 21.5 Å². The second-order valence-corrected chi connectivity index (χ2v) is 6.44. The largest absolute Gasteiger partial charge is 0.369 e. The van der Waals surface area contributed by atoms with Gasteiger partial charge in [0, 0.05) is 26.2 Å². The van der Waals surface area contributed by atoms with E-state index >= 15 is 0 Å². The van der Waals surface area contributed by atoms with Gasteiger partial charge < -0.3 is 5.32 Å². The number of nitrogens with one attached hydrogen (secondary N) is 1. The molecule has 8 nitrogen and oxygen atoms in total. The number of aromatic nitrogens is 1. The quantitative estimate of drug-likeness (QED) is 0.607. The average molecular weight is 288 g/mol. The lowest BCUT2D eigenvalue weighted by Gasteiger charge is -2.11. The first-order chi connectivity index (χ1) is 8.74. The minimum absolute atomic E-state index is 0.0635. The lowest BCUT2D eigenvalue weighted by Crippen LogP contribution is -2.28. The third kappa shape index (κ3) is 4.14. The van der Waals surface area contributed by atoms with Gasteiger partial charge in [-0.1, -0.05) is 0 Å². The Kier molecular flexibility index (Phi) is 4.78. The van der Waals surface area contributed by atoms with Crippen LogP contribution in [0.5, 0.6) is 0 Å². The molecule has 0 unspecified atom stereocenters. The van der Waals surface area contributed by atoms with Gasteiger partial charge in [0.1, 0.15) is 12.0 Å². The van der Waals surface area contributed by atoms with Gasteiger partial charge in [0.15, 0.2) is 0 Å². The maximum Gasteiger partial charge on any atom is 0.290 e. The van der Waals surface area contributed by atoms with Crippen LogP contribution < -0.4 is 5.32 Å². The zero-order valence-corrected chi connectivity index (χ0v) is 11.8. The Labute approximate surface area is 111 Å². The highest BCUT2D eigenvalue weighted by atomic mass is 32.2. The summed E-state index contributed by atoms with van der Waals surface area (Å²) in [6.07, 6.45) is 1.15. The Morgan fingerprint density at radius 1 is 1.47 bits per heavy atom. The molecule has 0 saturated heterocycles. The van der Waals surface area contributed by atoms with Crippen molar-refractivity contribution in [2.75, 3.05) is 31.7 Å². The van der Waals surface area contributed by atoms with Gasteiger partial charge in [-0.05, 0) is 13.0 Å². The van der Waals surface area contributed by atoms with Crippen LogP contribution in [0.25, 0.3) is 0 Å². The highest BCUT2D eigenvalue weighted by Crippen LogP contribution is 2.18. The van der Waals surface area contributed by atoms with E-state index in [4.69, 9.17) is 0 Å². The lowest BCUT2D eigenvalue weighted by atomic mass is 10.2. The SMILES string of the molecule is Cc1cc(NCCS(=O)(=O)N(C)C)ncc1[N+](=O)[O-]. The van der Waals surface area contributed by atoms with Crippen molar-refractivity contribution in [3.63, 3.8) is 0 Å². The van der Waals surface area contributed by atoms with Gasteiger partial charge in [0.2, 0.25) is 10.0 Å². The molecule has 0 aromatic carbocycles. The van der Waals surface area contributed by atoms with E-state index in [0.29, 0.717) is 11.4 Å². The summed E-state index contributed by atoms with van der Waals surface area (Å²) in [5.41, 5.74) is 0.407. The maximum absolute atomic E-state index is 11.5. The fourth-order valence-corrected chi connectivity index (χ4v) is 2.05. The number of nitrogens with zero attached hydrogens (tertiary/aromatic N) is 3. The van der Waals surface area contributed by atoms with Crippen LogP contribution in [0.4, 0.5) is 11.5 Å². The molecule has 1 rings (SSSR count). The van der Waals surface area contributed by atoms with Crippen molar-refractivity contribution < 1.29 is 13.3 Å². The molecule has 19 heavy (non-hydrogen) atoms. The molecule has 106 valence electrons. The predicted molar refractivity (Wildman–Crippen MR) is 71.6 cm³/mol. The summed E-state index contributed by atoms with van der Waals surface area (Å²) in [5.74, 6) is 0.342. The molecule has 1 aromatic heterocycles. The van der Waals surface area contributed by atoms with Gasteiger partial charge in [-0.2, -0.15) is 0 Å². The molecular weight excluding hydrogens is 272 g/mol. The number of nitro groups is 1. The number of rotatable bonds is 6. The van der Waals surface area contributed by atoms with E-state index in [-0.39, 0.29) is 18.0 Å². The number of pyridine rings is 1. The van der Waals surface area contributed by atoms with Gasteiger partial charge in [-0.15, -0.1) is 0 Å². The van der Waals surface area contributed by atoms with Crippen LogP contribution in [0.1, 0.15) is 5.56 Å². The first kappa shape index (κ1) is 15.3. The molecular formula is C10H16N4O4S. The minimum Gasteiger partial charge on any atom is -0.369 e. The number of hydrogen-bond acceptors (Lipinski definition) is 6. The summed E-state index contributed by atoms with van der Waals surface area (Å²) >= 11 is 0. The minimum atomic E-state index is -3.27. The molecule has 0 fully saturated rings. The Morgan fingerprint density at radius 2 is 2.11 bits per heavy atom. The van der Waals surface area contributed by atoms with Gasteiger partial charge >= 0.3 is 0 Å². The zero-order chi connectivity index (χ0) is 14.6. The number of sulfonamides is 1. The first-order valence-electron chi connectivity index (χ1n) is 5.49. The Balaban J connectivity index is 2.65. The molecule has 0 atom stereocenters. The van der Waals surface area contributed by atoms with E-state index in [1.807, 2.05) is 0 Å². The molecule has 0 saturated carbocycles. The van der Waals surface area contributed by atoms with E-state index < -0.39 is 14.9 Å². The molecule has 1 aromatic rings. The molecule has 0 aliphatic carbocycles. The maximum atomic E-state index is 11.5. The number of anilines is 1. The molecule has 1 heterocycles. The summed E-state index contributed by atoms with van der Waals surface area (Å²) in [6.45, 7) is 1.78. The number of aryl methyl sites for hydroxylation is 1. The Morgan fingerprint density at radius 3 is 2.58 bits per heavy atom. The molecule has 0 bridgehead atoms. The molecule has 0 aliphatic rings. The third-order valence-electron chi connectivity index (χ3n) is 2.50. The summed E-state index contributed by atoms with van der Waals surface area (Å²) < 4.78 is 24.2. The van der Waals surface area contributed by atoms with Crippen molar-refractivity contribution in [2.45, 2.75) is 6.92 Å². The molecule has 0 radical (unpaired) electrons. The van der Waals surface area contributed by atoms with Crippen molar-refractivity contribution in [1.82, 2.24) is 9.29 Å². The zero-order valence-electron chi connectivity index (χ0n) is 11.0. The molecule has 0 amide bonds. The molecule has 1 N–H and O–H groups in total. The fraction of sp³-hybridized carbons (Fsp3) is 0.500. The fourth-order valence-electron chi connectivity index (χ4n) is 1.33. The van der Waals surface area contributed by atoms with Crippen LogP contribution in [0.3, 0.4) is 0 Å². The standard InChI is InChI=1S/C10H16N4O4S/c1-8-6-10(12-7-9(8)14(15)16)11-4-5-19(17,18)13(2)3/h6-7H,4-5H2,1-3H3,(H,11,12). The highest BCUT2D eigenvalue weighted by molar-refractivity contribution is 7.89. The average Bonchev–Trinajstić information content (AvgIpc) is 2.28. The monoisotopic (exact) mass is 288 g/mol. The van der Waals surface area contributed by atoms with Crippen molar-refractivity contribution in [2.24, 2.45) is 0 Å². The predicted octanol–water partition coefficient (Wildman–Crippen LogP) is 0.602. The third-order valence-corrected chi connectivity index (χ3v) is 4.34. The molecule has 0 spiro atoms.